The number of nitrogen functional groups attached to an aromatic ring is 1. The zero-order valence-corrected chi connectivity index (χ0v) is 15.8. The topological polar surface area (TPSA) is 67.6 Å². The maximum Gasteiger partial charge on any atom is 0.255 e. The monoisotopic (exact) mass is 373 g/mol. The molecular weight excluding hydrogens is 350 g/mol. The molecule has 1 amide bonds. The van der Waals surface area contributed by atoms with Crippen LogP contribution in [0.15, 0.2) is 36.4 Å². The summed E-state index contributed by atoms with van der Waals surface area (Å²) in [4.78, 5) is 14.8. The lowest BCUT2D eigenvalue weighted by molar-refractivity contribution is 0.102. The fraction of sp³-hybridized carbons (Fsp3) is 0.350. The second-order valence-corrected chi connectivity index (χ2v) is 7.02. The minimum absolute atomic E-state index is 0.225. The predicted octanol–water partition coefficient (Wildman–Crippen LogP) is 4.56. The third-order valence-corrected chi connectivity index (χ3v) is 5.14. The van der Waals surface area contributed by atoms with Crippen molar-refractivity contribution in [3.05, 3.63) is 47.0 Å². The maximum atomic E-state index is 12.5. The van der Waals surface area contributed by atoms with Gasteiger partial charge in [-0.2, -0.15) is 0 Å². The molecule has 1 aliphatic rings. The highest BCUT2D eigenvalue weighted by atomic mass is 35.5. The number of benzene rings is 2. The van der Waals surface area contributed by atoms with Gasteiger partial charge in [0.25, 0.3) is 5.91 Å². The molecule has 3 N–H and O–H groups in total. The Kier molecular flexibility index (Phi) is 5.57. The van der Waals surface area contributed by atoms with Crippen LogP contribution in [-0.4, -0.2) is 25.6 Å². The molecule has 0 radical (unpaired) electrons. The number of anilines is 3. The number of rotatable bonds is 4. The molecule has 1 atom stereocenters. The number of hydrogen-bond acceptors (Lipinski definition) is 4. The quantitative estimate of drug-likeness (QED) is 0.771. The van der Waals surface area contributed by atoms with Crippen molar-refractivity contribution in [3.8, 4) is 5.75 Å². The van der Waals surface area contributed by atoms with Crippen LogP contribution in [0.2, 0.25) is 5.02 Å². The number of hydrogen-bond donors (Lipinski definition) is 2. The largest absolute Gasteiger partial charge is 0.497 e. The van der Waals surface area contributed by atoms with E-state index in [1.165, 1.54) is 6.42 Å². The van der Waals surface area contributed by atoms with Gasteiger partial charge in [-0.05, 0) is 62.6 Å². The van der Waals surface area contributed by atoms with Crippen molar-refractivity contribution in [2.24, 2.45) is 0 Å². The first-order valence-corrected chi connectivity index (χ1v) is 9.18. The molecule has 1 saturated heterocycles. The van der Waals surface area contributed by atoms with Crippen molar-refractivity contribution < 1.29 is 9.53 Å². The van der Waals surface area contributed by atoms with E-state index in [9.17, 15) is 4.79 Å². The van der Waals surface area contributed by atoms with Crippen molar-refractivity contribution in [2.45, 2.75) is 32.2 Å². The van der Waals surface area contributed by atoms with Gasteiger partial charge in [0.1, 0.15) is 5.75 Å². The summed E-state index contributed by atoms with van der Waals surface area (Å²) >= 11 is 6.32. The highest BCUT2D eigenvalue weighted by Crippen LogP contribution is 2.36. The van der Waals surface area contributed by atoms with Crippen LogP contribution in [0, 0.1) is 0 Å². The first-order valence-electron chi connectivity index (χ1n) is 8.80. The van der Waals surface area contributed by atoms with Gasteiger partial charge >= 0.3 is 0 Å². The number of nitrogens with one attached hydrogen (secondary N) is 1. The van der Waals surface area contributed by atoms with Crippen LogP contribution in [0.5, 0.6) is 5.75 Å². The molecule has 0 aliphatic carbocycles. The van der Waals surface area contributed by atoms with Gasteiger partial charge in [-0.25, -0.2) is 0 Å². The summed E-state index contributed by atoms with van der Waals surface area (Å²) in [7, 11) is 1.59. The van der Waals surface area contributed by atoms with Crippen LogP contribution in [-0.2, 0) is 0 Å². The molecule has 1 aliphatic heterocycles. The molecule has 1 fully saturated rings. The second kappa shape index (κ2) is 7.87. The Morgan fingerprint density at radius 2 is 2.00 bits per heavy atom. The van der Waals surface area contributed by atoms with E-state index in [2.05, 4.69) is 17.1 Å². The first-order chi connectivity index (χ1) is 12.5. The molecule has 0 unspecified atom stereocenters. The molecule has 6 heteroatoms. The van der Waals surface area contributed by atoms with Crippen molar-refractivity contribution in [1.29, 1.82) is 0 Å². The lowest BCUT2D eigenvalue weighted by Gasteiger charge is -2.36. The van der Waals surface area contributed by atoms with E-state index in [0.717, 1.165) is 25.1 Å². The number of halogens is 1. The molecular formula is C20H24ClN3O2. The molecule has 5 nitrogen and oxygen atoms in total. The maximum absolute atomic E-state index is 12.5. The van der Waals surface area contributed by atoms with Gasteiger partial charge in [0.2, 0.25) is 0 Å². The lowest BCUT2D eigenvalue weighted by Crippen LogP contribution is -2.37. The summed E-state index contributed by atoms with van der Waals surface area (Å²) in [6, 6.07) is 10.9. The van der Waals surface area contributed by atoms with Crippen molar-refractivity contribution in [1.82, 2.24) is 0 Å². The highest BCUT2D eigenvalue weighted by Gasteiger charge is 2.22. The summed E-state index contributed by atoms with van der Waals surface area (Å²) in [5, 5.41) is 3.32. The third-order valence-electron chi connectivity index (χ3n) is 4.83. The van der Waals surface area contributed by atoms with Gasteiger partial charge in [0.15, 0.2) is 0 Å². The summed E-state index contributed by atoms with van der Waals surface area (Å²) in [6.07, 6.45) is 3.50. The number of piperidine rings is 1. The first kappa shape index (κ1) is 18.4. The molecule has 0 spiro atoms. The Balaban J connectivity index is 1.84. The summed E-state index contributed by atoms with van der Waals surface area (Å²) in [5.41, 5.74) is 8.86. The zero-order chi connectivity index (χ0) is 18.7. The van der Waals surface area contributed by atoms with Gasteiger partial charge in [-0.15, -0.1) is 0 Å². The molecule has 0 aromatic heterocycles. The van der Waals surface area contributed by atoms with Crippen molar-refractivity contribution >= 4 is 34.6 Å². The number of nitrogens with two attached hydrogens (primary N) is 1. The van der Waals surface area contributed by atoms with E-state index in [1.807, 2.05) is 6.07 Å². The van der Waals surface area contributed by atoms with Gasteiger partial charge in [-0.3, -0.25) is 4.79 Å². The molecule has 26 heavy (non-hydrogen) atoms. The number of ether oxygens (including phenoxy) is 1. The summed E-state index contributed by atoms with van der Waals surface area (Å²) in [6.45, 7) is 3.15. The van der Waals surface area contributed by atoms with Crippen LogP contribution in [0.25, 0.3) is 0 Å². The Labute approximate surface area is 159 Å². The number of nitrogens with zero attached hydrogens (tertiary/aromatic N) is 1. The van der Waals surface area contributed by atoms with Crippen LogP contribution < -0.4 is 20.7 Å². The Bertz CT molecular complexity index is 792. The van der Waals surface area contributed by atoms with Crippen LogP contribution in [0.3, 0.4) is 0 Å². The fourth-order valence-corrected chi connectivity index (χ4v) is 3.53. The van der Waals surface area contributed by atoms with Gasteiger partial charge in [0.05, 0.1) is 29.2 Å². The zero-order valence-electron chi connectivity index (χ0n) is 15.1. The number of methoxy groups -OCH3 is 1. The van der Waals surface area contributed by atoms with E-state index < -0.39 is 0 Å². The average molecular weight is 374 g/mol. The van der Waals surface area contributed by atoms with Crippen LogP contribution in [0.1, 0.15) is 36.5 Å². The molecule has 138 valence electrons. The Hall–Kier alpha value is -2.40. The van der Waals surface area contributed by atoms with Crippen LogP contribution in [0.4, 0.5) is 17.1 Å². The average Bonchev–Trinajstić information content (AvgIpc) is 2.64. The van der Waals surface area contributed by atoms with Gasteiger partial charge < -0.3 is 20.7 Å². The van der Waals surface area contributed by atoms with Crippen molar-refractivity contribution in [3.63, 3.8) is 0 Å². The Morgan fingerprint density at radius 3 is 2.65 bits per heavy atom. The second-order valence-electron chi connectivity index (χ2n) is 6.61. The normalized spacial score (nSPS) is 17.0. The van der Waals surface area contributed by atoms with E-state index in [1.54, 1.807) is 37.4 Å². The number of carbonyl (C=O) groups excluding carboxylic acids is 1. The molecule has 2 aromatic carbocycles. The van der Waals surface area contributed by atoms with Crippen molar-refractivity contribution in [2.75, 3.05) is 29.6 Å². The fourth-order valence-electron chi connectivity index (χ4n) is 3.31. The molecule has 1 heterocycles. The van der Waals surface area contributed by atoms with Crippen LogP contribution >= 0.6 is 11.6 Å². The van der Waals surface area contributed by atoms with E-state index in [4.69, 9.17) is 22.1 Å². The minimum Gasteiger partial charge on any atom is -0.497 e. The molecule has 0 saturated carbocycles. The van der Waals surface area contributed by atoms with Gasteiger partial charge in [-0.1, -0.05) is 11.6 Å². The lowest BCUT2D eigenvalue weighted by atomic mass is 10.0. The van der Waals surface area contributed by atoms with E-state index in [0.29, 0.717) is 33.8 Å². The number of carbonyl (C=O) groups is 1. The predicted molar refractivity (Wildman–Crippen MR) is 107 cm³/mol. The van der Waals surface area contributed by atoms with E-state index in [-0.39, 0.29) is 5.91 Å². The van der Waals surface area contributed by atoms with E-state index >= 15 is 0 Å². The Morgan fingerprint density at radius 1 is 1.27 bits per heavy atom. The summed E-state index contributed by atoms with van der Waals surface area (Å²) in [5.74, 6) is 0.477. The molecule has 3 rings (SSSR count). The van der Waals surface area contributed by atoms with Gasteiger partial charge in [0, 0.05) is 18.2 Å². The highest BCUT2D eigenvalue weighted by molar-refractivity contribution is 6.34. The molecule has 0 bridgehead atoms. The minimum atomic E-state index is -0.225. The number of amides is 1. The summed E-state index contributed by atoms with van der Waals surface area (Å²) < 4.78 is 5.12. The third kappa shape index (κ3) is 3.88. The molecule has 2 aromatic rings. The standard InChI is InChI=1S/C20H24ClN3O2/c1-13-5-3-4-10-24(13)19-12-18(16(21)11-17(19)22)23-20(25)14-6-8-15(26-2)9-7-14/h6-9,11-13H,3-5,10,22H2,1-2H3,(H,23,25)/t13-/m0/s1. The smallest absolute Gasteiger partial charge is 0.255 e. The SMILES string of the molecule is COc1ccc(C(=O)Nc2cc(N3CCCC[C@@H]3C)c(N)cc2Cl)cc1.